The van der Waals surface area contributed by atoms with Crippen molar-refractivity contribution in [1.29, 1.82) is 0 Å². The van der Waals surface area contributed by atoms with Gasteiger partial charge in [0.05, 0.1) is 6.61 Å². The Bertz CT molecular complexity index is 863. The van der Waals surface area contributed by atoms with Crippen molar-refractivity contribution in [2.45, 2.75) is 30.7 Å². The van der Waals surface area contributed by atoms with Gasteiger partial charge in [-0.15, -0.1) is 0 Å². The highest BCUT2D eigenvalue weighted by molar-refractivity contribution is 5.87. The van der Waals surface area contributed by atoms with Crippen LogP contribution in [0.4, 0.5) is 0 Å². The van der Waals surface area contributed by atoms with Crippen LogP contribution in [0.1, 0.15) is 5.56 Å². The van der Waals surface area contributed by atoms with Gasteiger partial charge in [0.15, 0.2) is 6.10 Å². The van der Waals surface area contributed by atoms with Gasteiger partial charge in [0.25, 0.3) is 0 Å². The van der Waals surface area contributed by atoms with Crippen LogP contribution in [0.25, 0.3) is 6.08 Å². The number of carbonyl (C=O) groups is 1. The lowest BCUT2D eigenvalue weighted by molar-refractivity contribution is -0.281. The summed E-state index contributed by atoms with van der Waals surface area (Å²) in [5.74, 6) is -0.486. The number of benzene rings is 2. The zero-order chi connectivity index (χ0) is 21.7. The summed E-state index contributed by atoms with van der Waals surface area (Å²) in [6.45, 7) is -0.588. The SMILES string of the molecule is O=C(/C=C/c1ccc(O)cc1)O[C@H]1[C@H](Oc2ccc(O)cc2)O[C@H](CO)[C@@H](O)[C@@H]1O. The van der Waals surface area contributed by atoms with Crippen LogP contribution in [-0.4, -0.2) is 68.8 Å². The third kappa shape index (κ3) is 5.28. The number of aliphatic hydroxyl groups is 3. The molecule has 1 fully saturated rings. The van der Waals surface area contributed by atoms with E-state index in [1.54, 1.807) is 12.1 Å². The molecule has 0 unspecified atom stereocenters. The van der Waals surface area contributed by atoms with E-state index in [9.17, 15) is 30.3 Å². The van der Waals surface area contributed by atoms with E-state index in [0.29, 0.717) is 5.56 Å². The van der Waals surface area contributed by atoms with Gasteiger partial charge in [-0.3, -0.25) is 0 Å². The number of rotatable bonds is 6. The van der Waals surface area contributed by atoms with Crippen molar-refractivity contribution in [2.75, 3.05) is 6.61 Å². The number of carbonyl (C=O) groups excluding carboxylic acids is 1. The van der Waals surface area contributed by atoms with E-state index in [2.05, 4.69) is 0 Å². The Morgan fingerprint density at radius 1 is 0.967 bits per heavy atom. The number of hydrogen-bond acceptors (Lipinski definition) is 9. The van der Waals surface area contributed by atoms with Crippen LogP contribution in [0, 0.1) is 0 Å². The van der Waals surface area contributed by atoms with Crippen molar-refractivity contribution < 1.29 is 44.5 Å². The lowest BCUT2D eigenvalue weighted by Crippen LogP contribution is -2.61. The third-order valence-electron chi connectivity index (χ3n) is 4.47. The molecule has 0 radical (unpaired) electrons. The van der Waals surface area contributed by atoms with Crippen LogP contribution in [0.2, 0.25) is 0 Å². The first-order valence-electron chi connectivity index (χ1n) is 9.13. The Morgan fingerprint density at radius 3 is 2.17 bits per heavy atom. The molecule has 2 aromatic carbocycles. The summed E-state index contributed by atoms with van der Waals surface area (Å²) in [4.78, 5) is 12.3. The van der Waals surface area contributed by atoms with Crippen molar-refractivity contribution in [3.8, 4) is 17.2 Å². The second-order valence-electron chi connectivity index (χ2n) is 6.64. The summed E-state index contributed by atoms with van der Waals surface area (Å²) in [7, 11) is 0. The van der Waals surface area contributed by atoms with E-state index in [-0.39, 0.29) is 17.2 Å². The van der Waals surface area contributed by atoms with E-state index >= 15 is 0 Å². The average Bonchev–Trinajstić information content (AvgIpc) is 2.74. The summed E-state index contributed by atoms with van der Waals surface area (Å²) < 4.78 is 16.3. The molecule has 3 rings (SSSR count). The lowest BCUT2D eigenvalue weighted by Gasteiger charge is -2.41. The van der Waals surface area contributed by atoms with Gasteiger partial charge in [-0.25, -0.2) is 4.79 Å². The maximum atomic E-state index is 12.3. The molecular weight excluding hydrogens is 396 g/mol. The number of ether oxygens (including phenoxy) is 3. The molecule has 0 aromatic heterocycles. The van der Waals surface area contributed by atoms with Crippen LogP contribution in [-0.2, 0) is 14.3 Å². The number of aliphatic hydroxyl groups excluding tert-OH is 3. The van der Waals surface area contributed by atoms with Gasteiger partial charge in [-0.1, -0.05) is 12.1 Å². The molecule has 0 spiro atoms. The number of aromatic hydroxyl groups is 2. The van der Waals surface area contributed by atoms with Gasteiger partial charge >= 0.3 is 5.97 Å². The maximum Gasteiger partial charge on any atom is 0.331 e. The number of phenols is 2. The summed E-state index contributed by atoms with van der Waals surface area (Å²) in [5, 5.41) is 48.6. The summed E-state index contributed by atoms with van der Waals surface area (Å²) in [6, 6.07) is 11.7. The van der Waals surface area contributed by atoms with Crippen LogP contribution >= 0.6 is 0 Å². The van der Waals surface area contributed by atoms with E-state index in [0.717, 1.165) is 6.08 Å². The molecule has 1 aliphatic rings. The molecule has 1 aliphatic heterocycles. The Labute approximate surface area is 172 Å². The minimum Gasteiger partial charge on any atom is -0.508 e. The molecule has 0 amide bonds. The maximum absolute atomic E-state index is 12.3. The minimum absolute atomic E-state index is 0.0120. The molecule has 0 saturated carbocycles. The van der Waals surface area contributed by atoms with E-state index < -0.39 is 43.3 Å². The molecule has 9 heteroatoms. The standard InChI is InChI=1S/C21H22O9/c22-11-16-18(26)19(27)20(21(29-16)28-15-8-6-14(24)7-9-15)30-17(25)10-3-12-1-4-13(23)5-2-12/h1-10,16,18-24,26-27H,11H2/b10-3+/t16-,18-,19+,20-,21-/m1/s1. The molecule has 0 bridgehead atoms. The van der Waals surface area contributed by atoms with Crippen molar-refractivity contribution in [3.63, 3.8) is 0 Å². The van der Waals surface area contributed by atoms with Crippen LogP contribution in [0.5, 0.6) is 17.2 Å². The van der Waals surface area contributed by atoms with Crippen molar-refractivity contribution >= 4 is 12.0 Å². The Kier molecular flexibility index (Phi) is 6.91. The summed E-state index contributed by atoms with van der Waals surface area (Å²) >= 11 is 0. The predicted molar refractivity (Wildman–Crippen MR) is 104 cm³/mol. The fraction of sp³-hybridized carbons (Fsp3) is 0.286. The first-order chi connectivity index (χ1) is 14.4. The topological polar surface area (TPSA) is 146 Å². The first kappa shape index (κ1) is 21.6. The highest BCUT2D eigenvalue weighted by Crippen LogP contribution is 2.27. The minimum atomic E-state index is -1.58. The summed E-state index contributed by atoms with van der Waals surface area (Å²) in [5.41, 5.74) is 0.627. The Morgan fingerprint density at radius 2 is 1.57 bits per heavy atom. The van der Waals surface area contributed by atoms with E-state index in [4.69, 9.17) is 14.2 Å². The third-order valence-corrected chi connectivity index (χ3v) is 4.47. The molecule has 1 saturated heterocycles. The second-order valence-corrected chi connectivity index (χ2v) is 6.64. The van der Waals surface area contributed by atoms with Crippen LogP contribution in [0.15, 0.2) is 54.6 Å². The molecule has 9 nitrogen and oxygen atoms in total. The van der Waals surface area contributed by atoms with Gasteiger partial charge < -0.3 is 39.7 Å². The summed E-state index contributed by atoms with van der Waals surface area (Å²) in [6.07, 6.45) is -4.39. The number of phenolic OH excluding ortho intramolecular Hbond substituents is 2. The largest absolute Gasteiger partial charge is 0.508 e. The van der Waals surface area contributed by atoms with Crippen LogP contribution in [0.3, 0.4) is 0 Å². The first-order valence-corrected chi connectivity index (χ1v) is 9.13. The van der Waals surface area contributed by atoms with Gasteiger partial charge in [-0.2, -0.15) is 0 Å². The molecule has 5 N–H and O–H groups in total. The molecule has 5 atom stereocenters. The second kappa shape index (κ2) is 9.59. The lowest BCUT2D eigenvalue weighted by atomic mass is 9.99. The monoisotopic (exact) mass is 418 g/mol. The molecule has 1 heterocycles. The van der Waals surface area contributed by atoms with Crippen molar-refractivity contribution in [2.24, 2.45) is 0 Å². The smallest absolute Gasteiger partial charge is 0.331 e. The molecule has 160 valence electrons. The van der Waals surface area contributed by atoms with Gasteiger partial charge in [0, 0.05) is 6.08 Å². The highest BCUT2D eigenvalue weighted by atomic mass is 16.7. The molecule has 2 aromatic rings. The number of hydrogen-bond donors (Lipinski definition) is 5. The van der Waals surface area contributed by atoms with Gasteiger partial charge in [-0.05, 0) is 48.0 Å². The normalized spacial score (nSPS) is 26.4. The molecule has 30 heavy (non-hydrogen) atoms. The van der Waals surface area contributed by atoms with E-state index in [1.807, 2.05) is 0 Å². The zero-order valence-electron chi connectivity index (χ0n) is 15.7. The van der Waals surface area contributed by atoms with Gasteiger partial charge in [0.1, 0.15) is 35.6 Å². The Hall–Kier alpha value is -3.11. The Balaban J connectivity index is 1.74. The van der Waals surface area contributed by atoms with E-state index in [1.165, 1.54) is 42.5 Å². The fourth-order valence-corrected chi connectivity index (χ4v) is 2.86. The highest BCUT2D eigenvalue weighted by Gasteiger charge is 2.47. The van der Waals surface area contributed by atoms with Crippen molar-refractivity contribution in [1.82, 2.24) is 0 Å². The van der Waals surface area contributed by atoms with Crippen LogP contribution < -0.4 is 4.74 Å². The zero-order valence-corrected chi connectivity index (χ0v) is 15.7. The molecular formula is C21H22O9. The number of esters is 1. The fourth-order valence-electron chi connectivity index (χ4n) is 2.86. The molecule has 0 aliphatic carbocycles. The quantitative estimate of drug-likeness (QED) is 0.335. The average molecular weight is 418 g/mol. The van der Waals surface area contributed by atoms with Crippen molar-refractivity contribution in [3.05, 3.63) is 60.2 Å². The predicted octanol–water partition coefficient (Wildman–Crippen LogP) is 0.541. The van der Waals surface area contributed by atoms with Gasteiger partial charge in [0.2, 0.25) is 6.29 Å².